The first-order valence-corrected chi connectivity index (χ1v) is 7.65. The third-order valence-corrected chi connectivity index (χ3v) is 4.28. The van der Waals surface area contributed by atoms with Gasteiger partial charge in [0.05, 0.1) is 12.3 Å². The molecule has 20 heavy (non-hydrogen) atoms. The number of halogens is 1. The second-order valence-electron chi connectivity index (χ2n) is 6.02. The van der Waals surface area contributed by atoms with Crippen LogP contribution in [0.1, 0.15) is 32.1 Å². The molecule has 0 spiro atoms. The summed E-state index contributed by atoms with van der Waals surface area (Å²) in [5, 5.41) is 0. The Bertz CT molecular complexity index is 454. The first kappa shape index (κ1) is 13.7. The Kier molecular flexibility index (Phi) is 4.10. The van der Waals surface area contributed by atoms with Gasteiger partial charge in [-0.05, 0) is 37.3 Å². The molecule has 1 aromatic rings. The third-order valence-electron chi connectivity index (χ3n) is 4.28. The molecule has 1 aliphatic carbocycles. The van der Waals surface area contributed by atoms with Crippen molar-refractivity contribution in [2.24, 2.45) is 11.7 Å². The largest absolute Gasteiger partial charge is 0.491 e. The number of piperidine rings is 1. The molecule has 1 aliphatic heterocycles. The lowest BCUT2D eigenvalue weighted by Gasteiger charge is -2.33. The minimum absolute atomic E-state index is 0.204. The van der Waals surface area contributed by atoms with Gasteiger partial charge in [0, 0.05) is 25.2 Å². The second-order valence-corrected chi connectivity index (χ2v) is 6.02. The molecular weight excluding hydrogens is 255 g/mol. The lowest BCUT2D eigenvalue weighted by Crippen LogP contribution is -2.39. The predicted molar refractivity (Wildman–Crippen MR) is 78.7 cm³/mol. The lowest BCUT2D eigenvalue weighted by molar-refractivity contribution is 0.301. The van der Waals surface area contributed by atoms with Gasteiger partial charge in [-0.2, -0.15) is 0 Å². The van der Waals surface area contributed by atoms with Gasteiger partial charge < -0.3 is 15.4 Å². The molecule has 110 valence electrons. The zero-order chi connectivity index (χ0) is 13.9. The van der Waals surface area contributed by atoms with Crippen LogP contribution in [0.4, 0.5) is 10.1 Å². The van der Waals surface area contributed by atoms with Gasteiger partial charge in [0.15, 0.2) is 0 Å². The minimum atomic E-state index is -0.204. The maximum atomic E-state index is 13.5. The number of benzene rings is 1. The van der Waals surface area contributed by atoms with Crippen LogP contribution in [-0.4, -0.2) is 25.7 Å². The summed E-state index contributed by atoms with van der Waals surface area (Å²) in [7, 11) is 0. The number of nitrogens with two attached hydrogens (primary N) is 1. The van der Waals surface area contributed by atoms with Gasteiger partial charge in [0.1, 0.15) is 11.6 Å². The van der Waals surface area contributed by atoms with E-state index in [1.54, 1.807) is 12.1 Å². The first-order valence-electron chi connectivity index (χ1n) is 7.65. The van der Waals surface area contributed by atoms with Crippen LogP contribution in [0.15, 0.2) is 18.2 Å². The van der Waals surface area contributed by atoms with Gasteiger partial charge in [-0.25, -0.2) is 4.39 Å². The fourth-order valence-electron chi connectivity index (χ4n) is 2.74. The summed E-state index contributed by atoms with van der Waals surface area (Å²) in [6.07, 6.45) is 5.70. The van der Waals surface area contributed by atoms with Crippen LogP contribution in [0.2, 0.25) is 0 Å². The Morgan fingerprint density at radius 1 is 1.20 bits per heavy atom. The number of hydrogen-bond donors (Lipinski definition) is 1. The summed E-state index contributed by atoms with van der Waals surface area (Å²) in [5.74, 6) is 1.46. The van der Waals surface area contributed by atoms with Crippen LogP contribution in [0.5, 0.6) is 5.75 Å². The van der Waals surface area contributed by atoms with E-state index < -0.39 is 0 Å². The smallest absolute Gasteiger partial charge is 0.142 e. The van der Waals surface area contributed by atoms with Gasteiger partial charge >= 0.3 is 0 Å². The Morgan fingerprint density at radius 3 is 2.65 bits per heavy atom. The van der Waals surface area contributed by atoms with Crippen LogP contribution in [0, 0.1) is 11.7 Å². The number of rotatable bonds is 5. The quantitative estimate of drug-likeness (QED) is 0.900. The lowest BCUT2D eigenvalue weighted by atomic mass is 10.1. The number of hydrogen-bond acceptors (Lipinski definition) is 3. The van der Waals surface area contributed by atoms with Crippen LogP contribution < -0.4 is 15.4 Å². The molecule has 1 heterocycles. The van der Waals surface area contributed by atoms with Gasteiger partial charge in [-0.15, -0.1) is 0 Å². The normalized spacial score (nSPS) is 20.2. The van der Waals surface area contributed by atoms with E-state index in [2.05, 4.69) is 4.90 Å². The van der Waals surface area contributed by atoms with E-state index in [0.29, 0.717) is 0 Å². The molecular formula is C16H23FN2O. The summed E-state index contributed by atoms with van der Waals surface area (Å²) in [4.78, 5) is 2.19. The van der Waals surface area contributed by atoms with E-state index in [9.17, 15) is 4.39 Å². The highest BCUT2D eigenvalue weighted by molar-refractivity contribution is 5.59. The van der Waals surface area contributed by atoms with E-state index in [1.165, 1.54) is 18.9 Å². The van der Waals surface area contributed by atoms with Gasteiger partial charge in [0.2, 0.25) is 0 Å². The fourth-order valence-corrected chi connectivity index (χ4v) is 2.74. The van der Waals surface area contributed by atoms with E-state index in [-0.39, 0.29) is 11.9 Å². The molecule has 0 aromatic heterocycles. The number of nitrogens with zero attached hydrogens (tertiary/aromatic N) is 1. The number of ether oxygens (including phenoxy) is 1. The van der Waals surface area contributed by atoms with Crippen molar-refractivity contribution in [3.63, 3.8) is 0 Å². The molecule has 0 unspecified atom stereocenters. The van der Waals surface area contributed by atoms with Crippen molar-refractivity contribution in [1.29, 1.82) is 0 Å². The number of anilines is 1. The highest BCUT2D eigenvalue weighted by atomic mass is 19.1. The van der Waals surface area contributed by atoms with Crippen molar-refractivity contribution < 1.29 is 9.13 Å². The monoisotopic (exact) mass is 278 g/mol. The molecule has 3 rings (SSSR count). The second kappa shape index (κ2) is 6.00. The molecule has 0 bridgehead atoms. The van der Waals surface area contributed by atoms with Crippen LogP contribution in [0.3, 0.4) is 0 Å². The zero-order valence-corrected chi connectivity index (χ0v) is 11.9. The van der Waals surface area contributed by atoms with Crippen molar-refractivity contribution >= 4 is 5.69 Å². The molecule has 1 aromatic carbocycles. The van der Waals surface area contributed by atoms with E-state index in [1.807, 2.05) is 0 Å². The summed E-state index contributed by atoms with van der Waals surface area (Å²) in [5.41, 5.74) is 6.81. The van der Waals surface area contributed by atoms with Gasteiger partial charge in [-0.1, -0.05) is 12.8 Å². The maximum Gasteiger partial charge on any atom is 0.142 e. The van der Waals surface area contributed by atoms with Crippen molar-refractivity contribution in [2.45, 2.75) is 38.1 Å². The molecule has 4 heteroatoms. The predicted octanol–water partition coefficient (Wildman–Crippen LogP) is 2.93. The average Bonchev–Trinajstić information content (AvgIpc) is 3.25. The van der Waals surface area contributed by atoms with Crippen molar-refractivity contribution in [2.75, 3.05) is 24.6 Å². The van der Waals surface area contributed by atoms with Crippen molar-refractivity contribution in [3.8, 4) is 5.75 Å². The standard InChI is InChI=1S/C16H23FN2O/c17-13-3-4-16(20-10-7-12-1-2-12)15(11-13)19-8-5-14(18)6-9-19/h3-4,11-12,14H,1-2,5-10,18H2. The van der Waals surface area contributed by atoms with E-state index in [0.717, 1.165) is 56.3 Å². The maximum absolute atomic E-state index is 13.5. The Morgan fingerprint density at radius 2 is 1.95 bits per heavy atom. The zero-order valence-electron chi connectivity index (χ0n) is 11.9. The molecule has 3 nitrogen and oxygen atoms in total. The third kappa shape index (κ3) is 3.42. The molecule has 0 atom stereocenters. The SMILES string of the molecule is NC1CCN(c2cc(F)ccc2OCCC2CC2)CC1. The van der Waals surface area contributed by atoms with Crippen molar-refractivity contribution in [3.05, 3.63) is 24.0 Å². The van der Waals surface area contributed by atoms with Crippen LogP contribution >= 0.6 is 0 Å². The topological polar surface area (TPSA) is 38.5 Å². The average molecular weight is 278 g/mol. The van der Waals surface area contributed by atoms with Crippen molar-refractivity contribution in [1.82, 2.24) is 0 Å². The molecule has 2 N–H and O–H groups in total. The minimum Gasteiger partial charge on any atom is -0.491 e. The van der Waals surface area contributed by atoms with Gasteiger partial charge in [-0.3, -0.25) is 0 Å². The molecule has 1 saturated heterocycles. The summed E-state index contributed by atoms with van der Waals surface area (Å²) < 4.78 is 19.4. The van der Waals surface area contributed by atoms with E-state index >= 15 is 0 Å². The summed E-state index contributed by atoms with van der Waals surface area (Å²) >= 11 is 0. The Hall–Kier alpha value is -1.29. The highest BCUT2D eigenvalue weighted by Gasteiger charge is 2.22. The molecule has 0 radical (unpaired) electrons. The Labute approximate surface area is 119 Å². The molecule has 0 amide bonds. The molecule has 2 aliphatic rings. The molecule has 2 fully saturated rings. The first-order chi connectivity index (χ1) is 9.72. The summed E-state index contributed by atoms with van der Waals surface area (Å²) in [6, 6.07) is 5.10. The highest BCUT2D eigenvalue weighted by Crippen LogP contribution is 2.34. The van der Waals surface area contributed by atoms with Crippen LogP contribution in [-0.2, 0) is 0 Å². The van der Waals surface area contributed by atoms with E-state index in [4.69, 9.17) is 10.5 Å². The van der Waals surface area contributed by atoms with Crippen LogP contribution in [0.25, 0.3) is 0 Å². The Balaban J connectivity index is 1.67. The molecule has 1 saturated carbocycles. The fraction of sp³-hybridized carbons (Fsp3) is 0.625. The summed E-state index contributed by atoms with van der Waals surface area (Å²) in [6.45, 7) is 2.49. The van der Waals surface area contributed by atoms with Gasteiger partial charge in [0.25, 0.3) is 0 Å².